The normalized spacial score (nSPS) is 19.8. The largest absolute Gasteiger partial charge is 0.371 e. The number of hydrogen-bond acceptors (Lipinski definition) is 3. The van der Waals surface area contributed by atoms with Crippen molar-refractivity contribution in [1.82, 2.24) is 9.88 Å². The Bertz CT molecular complexity index is 739. The number of rotatable bonds is 5. The third-order valence-corrected chi connectivity index (χ3v) is 4.59. The van der Waals surface area contributed by atoms with Crippen LogP contribution in [0.1, 0.15) is 30.1 Å². The van der Waals surface area contributed by atoms with Crippen molar-refractivity contribution >= 4 is 5.91 Å². The molecule has 0 unspecified atom stereocenters. The summed E-state index contributed by atoms with van der Waals surface area (Å²) in [5.41, 5.74) is 1.28. The monoisotopic (exact) mass is 346 g/mol. The number of pyridine rings is 1. The van der Waals surface area contributed by atoms with E-state index < -0.39 is 11.6 Å². The fourth-order valence-corrected chi connectivity index (χ4v) is 3.16. The van der Waals surface area contributed by atoms with Gasteiger partial charge in [0.1, 0.15) is 17.7 Å². The molecule has 2 atom stereocenters. The van der Waals surface area contributed by atoms with Crippen LogP contribution in [-0.2, 0) is 16.0 Å². The van der Waals surface area contributed by atoms with Gasteiger partial charge in [-0.05, 0) is 30.5 Å². The molecule has 0 aliphatic carbocycles. The number of amides is 1. The number of nitrogens with zero attached hydrogens (tertiary/aromatic N) is 2. The van der Waals surface area contributed by atoms with E-state index in [-0.39, 0.29) is 30.9 Å². The second kappa shape index (κ2) is 7.70. The first-order valence-electron chi connectivity index (χ1n) is 8.27. The van der Waals surface area contributed by atoms with Crippen molar-refractivity contribution in [2.45, 2.75) is 31.4 Å². The fourth-order valence-electron chi connectivity index (χ4n) is 3.16. The van der Waals surface area contributed by atoms with Gasteiger partial charge in [0.15, 0.2) is 0 Å². The van der Waals surface area contributed by atoms with E-state index in [0.717, 1.165) is 18.1 Å². The van der Waals surface area contributed by atoms with Crippen LogP contribution in [0.5, 0.6) is 0 Å². The second-order valence-electron chi connectivity index (χ2n) is 6.17. The number of aromatic nitrogens is 1. The van der Waals surface area contributed by atoms with Crippen LogP contribution in [0, 0.1) is 11.6 Å². The molecule has 3 rings (SSSR count). The SMILES string of the molecule is CN(C(=O)CCc1ccc(F)cc1F)[C@H]1CCO[C@@H]1c1cccnc1. The summed E-state index contributed by atoms with van der Waals surface area (Å²) in [7, 11) is 1.74. The fraction of sp³-hybridized carbons (Fsp3) is 0.368. The zero-order valence-electron chi connectivity index (χ0n) is 14.0. The molecule has 6 heteroatoms. The Kier molecular flexibility index (Phi) is 5.38. The minimum absolute atomic E-state index is 0.0743. The van der Waals surface area contributed by atoms with Crippen LogP contribution in [0.25, 0.3) is 0 Å². The standard InChI is InChI=1S/C19H20F2N2O2/c1-23(17-8-10-25-19(17)14-3-2-9-22-12-14)18(24)7-5-13-4-6-15(20)11-16(13)21/h2-4,6,9,11-12,17,19H,5,7-8,10H2,1H3/t17-,19+/m0/s1. The zero-order valence-corrected chi connectivity index (χ0v) is 14.0. The highest BCUT2D eigenvalue weighted by molar-refractivity contribution is 5.76. The van der Waals surface area contributed by atoms with Gasteiger partial charge in [0.05, 0.1) is 6.04 Å². The number of ether oxygens (including phenoxy) is 1. The van der Waals surface area contributed by atoms with E-state index in [0.29, 0.717) is 12.2 Å². The maximum Gasteiger partial charge on any atom is 0.222 e. The van der Waals surface area contributed by atoms with E-state index in [9.17, 15) is 13.6 Å². The van der Waals surface area contributed by atoms with Gasteiger partial charge in [0, 0.05) is 44.1 Å². The molecule has 0 N–H and O–H groups in total. The van der Waals surface area contributed by atoms with E-state index in [1.54, 1.807) is 24.3 Å². The van der Waals surface area contributed by atoms with Gasteiger partial charge < -0.3 is 9.64 Å². The van der Waals surface area contributed by atoms with Crippen LogP contribution in [0.3, 0.4) is 0 Å². The molecular weight excluding hydrogens is 326 g/mol. The molecule has 4 nitrogen and oxygen atoms in total. The lowest BCUT2D eigenvalue weighted by Crippen LogP contribution is -2.39. The lowest BCUT2D eigenvalue weighted by molar-refractivity contribution is -0.133. The Labute approximate surface area is 145 Å². The summed E-state index contributed by atoms with van der Waals surface area (Å²) >= 11 is 0. The molecule has 2 heterocycles. The van der Waals surface area contributed by atoms with Gasteiger partial charge in [-0.15, -0.1) is 0 Å². The summed E-state index contributed by atoms with van der Waals surface area (Å²) in [4.78, 5) is 18.3. The first-order valence-corrected chi connectivity index (χ1v) is 8.27. The predicted molar refractivity (Wildman–Crippen MR) is 88.8 cm³/mol. The topological polar surface area (TPSA) is 42.4 Å². The quantitative estimate of drug-likeness (QED) is 0.834. The van der Waals surface area contributed by atoms with Crippen LogP contribution >= 0.6 is 0 Å². The maximum absolute atomic E-state index is 13.7. The van der Waals surface area contributed by atoms with Crippen LogP contribution in [0.2, 0.25) is 0 Å². The van der Waals surface area contributed by atoms with Crippen molar-refractivity contribution in [2.75, 3.05) is 13.7 Å². The number of aryl methyl sites for hydroxylation is 1. The van der Waals surface area contributed by atoms with Gasteiger partial charge >= 0.3 is 0 Å². The van der Waals surface area contributed by atoms with Crippen molar-refractivity contribution in [3.8, 4) is 0 Å². The van der Waals surface area contributed by atoms with Crippen molar-refractivity contribution in [2.24, 2.45) is 0 Å². The van der Waals surface area contributed by atoms with E-state index in [2.05, 4.69) is 4.98 Å². The van der Waals surface area contributed by atoms with E-state index in [1.165, 1.54) is 12.1 Å². The molecule has 0 radical (unpaired) electrons. The van der Waals surface area contributed by atoms with Crippen molar-refractivity contribution in [3.63, 3.8) is 0 Å². The molecule has 0 bridgehead atoms. The Morgan fingerprint density at radius 1 is 1.36 bits per heavy atom. The minimum Gasteiger partial charge on any atom is -0.371 e. The summed E-state index contributed by atoms with van der Waals surface area (Å²) in [6.07, 6.45) is 4.38. The van der Waals surface area contributed by atoms with Crippen LogP contribution in [0.4, 0.5) is 8.78 Å². The summed E-state index contributed by atoms with van der Waals surface area (Å²) in [5, 5.41) is 0. The number of halogens is 2. The van der Waals surface area contributed by atoms with Gasteiger partial charge in [-0.25, -0.2) is 8.78 Å². The highest BCUT2D eigenvalue weighted by Gasteiger charge is 2.34. The average molecular weight is 346 g/mol. The first-order chi connectivity index (χ1) is 12.1. The van der Waals surface area contributed by atoms with E-state index in [4.69, 9.17) is 4.74 Å². The van der Waals surface area contributed by atoms with E-state index in [1.807, 2.05) is 12.1 Å². The summed E-state index contributed by atoms with van der Waals surface area (Å²) in [5.74, 6) is -1.33. The lowest BCUT2D eigenvalue weighted by Gasteiger charge is -2.28. The van der Waals surface area contributed by atoms with Crippen molar-refractivity contribution in [3.05, 3.63) is 65.5 Å². The zero-order chi connectivity index (χ0) is 17.8. The average Bonchev–Trinajstić information content (AvgIpc) is 3.10. The van der Waals surface area contributed by atoms with Crippen LogP contribution in [0.15, 0.2) is 42.7 Å². The first kappa shape index (κ1) is 17.5. The smallest absolute Gasteiger partial charge is 0.222 e. The highest BCUT2D eigenvalue weighted by Crippen LogP contribution is 2.32. The molecule has 25 heavy (non-hydrogen) atoms. The van der Waals surface area contributed by atoms with Gasteiger partial charge in [0.2, 0.25) is 5.91 Å². The molecular formula is C19H20F2N2O2. The minimum atomic E-state index is -0.618. The molecule has 1 aliphatic rings. The van der Waals surface area contributed by atoms with E-state index >= 15 is 0 Å². The number of benzene rings is 1. The molecule has 1 saturated heterocycles. The number of likely N-dealkylation sites (N-methyl/N-ethyl adjacent to an activating group) is 1. The van der Waals surface area contributed by atoms with Gasteiger partial charge in [-0.1, -0.05) is 12.1 Å². The van der Waals surface area contributed by atoms with Crippen LogP contribution in [-0.4, -0.2) is 35.5 Å². The summed E-state index contributed by atoms with van der Waals surface area (Å²) in [6, 6.07) is 7.13. The van der Waals surface area contributed by atoms with Crippen molar-refractivity contribution < 1.29 is 18.3 Å². The molecule has 0 spiro atoms. The Morgan fingerprint density at radius 2 is 2.20 bits per heavy atom. The number of hydrogen-bond donors (Lipinski definition) is 0. The molecule has 132 valence electrons. The predicted octanol–water partition coefficient (Wildman–Crippen LogP) is 3.28. The Balaban J connectivity index is 1.63. The number of carbonyl (C=O) groups is 1. The summed E-state index contributed by atoms with van der Waals surface area (Å²) in [6.45, 7) is 0.578. The van der Waals surface area contributed by atoms with Gasteiger partial charge in [0.25, 0.3) is 0 Å². The molecule has 1 aromatic carbocycles. The highest BCUT2D eigenvalue weighted by atomic mass is 19.1. The third-order valence-electron chi connectivity index (χ3n) is 4.59. The Morgan fingerprint density at radius 3 is 2.92 bits per heavy atom. The van der Waals surface area contributed by atoms with Gasteiger partial charge in [-0.3, -0.25) is 9.78 Å². The van der Waals surface area contributed by atoms with Crippen molar-refractivity contribution in [1.29, 1.82) is 0 Å². The lowest BCUT2D eigenvalue weighted by atomic mass is 10.0. The van der Waals surface area contributed by atoms with Gasteiger partial charge in [-0.2, -0.15) is 0 Å². The molecule has 1 aromatic heterocycles. The molecule has 1 amide bonds. The number of carbonyl (C=O) groups excluding carboxylic acids is 1. The Hall–Kier alpha value is -2.34. The summed E-state index contributed by atoms with van der Waals surface area (Å²) < 4.78 is 32.4. The van der Waals surface area contributed by atoms with Crippen LogP contribution < -0.4 is 0 Å². The third kappa shape index (κ3) is 4.02. The molecule has 2 aromatic rings. The second-order valence-corrected chi connectivity index (χ2v) is 6.17. The maximum atomic E-state index is 13.7. The molecule has 1 fully saturated rings. The molecule has 1 aliphatic heterocycles. The molecule has 0 saturated carbocycles.